The summed E-state index contributed by atoms with van der Waals surface area (Å²) in [6.45, 7) is 0. The molecule has 0 amide bonds. The molecule has 0 heterocycles. The van der Waals surface area contributed by atoms with E-state index in [1.54, 1.807) is 6.07 Å². The zero-order chi connectivity index (χ0) is 10.7. The molecule has 14 heavy (non-hydrogen) atoms. The van der Waals surface area contributed by atoms with Gasteiger partial charge in [-0.05, 0) is 18.2 Å². The normalized spacial score (nSPS) is 12.6. The van der Waals surface area contributed by atoms with Gasteiger partial charge >= 0.3 is 0 Å². The fraction of sp³-hybridized carbons (Fsp3) is 0.222. The molecule has 1 aromatic rings. The summed E-state index contributed by atoms with van der Waals surface area (Å²) in [4.78, 5) is 11.2. The van der Waals surface area contributed by atoms with Crippen LogP contribution in [0.3, 0.4) is 0 Å². The van der Waals surface area contributed by atoms with Crippen molar-refractivity contribution in [2.24, 2.45) is 0 Å². The van der Waals surface area contributed by atoms with Crippen LogP contribution in [0.15, 0.2) is 22.7 Å². The summed E-state index contributed by atoms with van der Waals surface area (Å²) in [5, 5.41) is 0.456. The van der Waals surface area contributed by atoms with Gasteiger partial charge < -0.3 is 0 Å². The first kappa shape index (κ1) is 12.3. The Morgan fingerprint density at radius 2 is 2.14 bits per heavy atom. The van der Waals surface area contributed by atoms with Crippen LogP contribution in [0.1, 0.15) is 10.4 Å². The van der Waals surface area contributed by atoms with E-state index in [4.69, 9.17) is 0 Å². The van der Waals surface area contributed by atoms with Crippen LogP contribution in [0.25, 0.3) is 0 Å². The standard InChI is InChI=1S/C9H6Br3FO/c10-4-7(12)9(14)6-3-5(11)1-2-8(6)13/h1-3,7H,4H2. The van der Waals surface area contributed by atoms with Crippen molar-refractivity contribution in [3.05, 3.63) is 34.1 Å². The van der Waals surface area contributed by atoms with E-state index in [1.807, 2.05) is 0 Å². The molecule has 5 heteroatoms. The first-order chi connectivity index (χ1) is 6.56. The summed E-state index contributed by atoms with van der Waals surface area (Å²) >= 11 is 9.50. The molecule has 1 atom stereocenters. The Hall–Kier alpha value is 0.260. The number of benzene rings is 1. The lowest BCUT2D eigenvalue weighted by atomic mass is 10.1. The Morgan fingerprint density at radius 3 is 2.71 bits per heavy atom. The molecule has 0 fully saturated rings. The van der Waals surface area contributed by atoms with E-state index in [-0.39, 0.29) is 11.3 Å². The molecule has 0 saturated carbocycles. The quantitative estimate of drug-likeness (QED) is 0.566. The lowest BCUT2D eigenvalue weighted by molar-refractivity contribution is 0.0993. The Bertz CT molecular complexity index is 354. The van der Waals surface area contributed by atoms with Crippen LogP contribution >= 0.6 is 47.8 Å². The van der Waals surface area contributed by atoms with Gasteiger partial charge in [0.05, 0.1) is 10.4 Å². The lowest BCUT2D eigenvalue weighted by Crippen LogP contribution is -2.16. The average Bonchev–Trinajstić information content (AvgIpc) is 2.19. The first-order valence-electron chi connectivity index (χ1n) is 3.75. The highest BCUT2D eigenvalue weighted by atomic mass is 79.9. The molecule has 0 spiro atoms. The molecular formula is C9H6Br3FO. The van der Waals surface area contributed by atoms with Gasteiger partial charge in [0.2, 0.25) is 0 Å². The number of hydrogen-bond donors (Lipinski definition) is 0. The van der Waals surface area contributed by atoms with E-state index in [0.717, 1.165) is 0 Å². The second kappa shape index (κ2) is 5.37. The number of hydrogen-bond acceptors (Lipinski definition) is 1. The van der Waals surface area contributed by atoms with E-state index in [0.29, 0.717) is 9.80 Å². The maximum atomic E-state index is 13.2. The summed E-state index contributed by atoms with van der Waals surface area (Å²) in [5.74, 6) is -0.760. The second-order valence-electron chi connectivity index (χ2n) is 2.61. The number of carbonyl (C=O) groups excluding carboxylic acids is 1. The van der Waals surface area contributed by atoms with Gasteiger partial charge in [-0.15, -0.1) is 0 Å². The topological polar surface area (TPSA) is 17.1 Å². The van der Waals surface area contributed by atoms with Gasteiger partial charge in [-0.1, -0.05) is 47.8 Å². The van der Waals surface area contributed by atoms with Gasteiger partial charge in [0.25, 0.3) is 0 Å². The van der Waals surface area contributed by atoms with Gasteiger partial charge in [0.15, 0.2) is 5.78 Å². The Kier molecular flexibility index (Phi) is 4.73. The molecular weight excluding hydrogens is 383 g/mol. The summed E-state index contributed by atoms with van der Waals surface area (Å²) in [6.07, 6.45) is 0. The number of carbonyl (C=O) groups is 1. The monoisotopic (exact) mass is 386 g/mol. The van der Waals surface area contributed by atoms with Crippen LogP contribution in [-0.2, 0) is 0 Å². The minimum absolute atomic E-state index is 0.0979. The van der Waals surface area contributed by atoms with Crippen molar-refractivity contribution in [1.29, 1.82) is 0 Å². The third-order valence-electron chi connectivity index (χ3n) is 1.61. The summed E-state index contributed by atoms with van der Waals surface area (Å²) < 4.78 is 13.9. The molecule has 0 aliphatic rings. The summed E-state index contributed by atoms with van der Waals surface area (Å²) in [5.41, 5.74) is 0.0979. The molecule has 1 rings (SSSR count). The summed E-state index contributed by atoms with van der Waals surface area (Å²) in [6, 6.07) is 4.31. The molecule has 1 nitrogen and oxygen atoms in total. The highest BCUT2D eigenvalue weighted by molar-refractivity contribution is 9.12. The van der Waals surface area contributed by atoms with Gasteiger partial charge in [0.1, 0.15) is 5.82 Å². The maximum absolute atomic E-state index is 13.2. The van der Waals surface area contributed by atoms with Crippen LogP contribution in [0, 0.1) is 5.82 Å². The number of rotatable bonds is 3. The van der Waals surface area contributed by atoms with Crippen LogP contribution in [0.2, 0.25) is 0 Å². The summed E-state index contributed by atoms with van der Waals surface area (Å²) in [7, 11) is 0. The molecule has 1 aromatic carbocycles. The third-order valence-corrected chi connectivity index (χ3v) is 4.36. The van der Waals surface area contributed by atoms with E-state index in [2.05, 4.69) is 47.8 Å². The Labute approximate surface area is 106 Å². The number of ketones is 1. The zero-order valence-corrected chi connectivity index (χ0v) is 11.7. The second-order valence-corrected chi connectivity index (χ2v) is 5.28. The highest BCUT2D eigenvalue weighted by Gasteiger charge is 2.19. The SMILES string of the molecule is O=C(c1cc(Br)ccc1F)C(Br)CBr. The first-order valence-corrected chi connectivity index (χ1v) is 6.58. The predicted octanol–water partition coefficient (Wildman–Crippen LogP) is 3.93. The van der Waals surface area contributed by atoms with Crippen molar-refractivity contribution in [3.8, 4) is 0 Å². The molecule has 76 valence electrons. The maximum Gasteiger partial charge on any atom is 0.180 e. The number of alkyl halides is 2. The van der Waals surface area contributed by atoms with Crippen LogP contribution in [-0.4, -0.2) is 15.9 Å². The fourth-order valence-corrected chi connectivity index (χ4v) is 1.83. The molecule has 0 saturated heterocycles. The predicted molar refractivity (Wildman–Crippen MR) is 64.9 cm³/mol. The van der Waals surface area contributed by atoms with Crippen LogP contribution in [0.4, 0.5) is 4.39 Å². The van der Waals surface area contributed by atoms with Gasteiger partial charge in [0, 0.05) is 9.80 Å². The Balaban J connectivity index is 3.06. The molecule has 0 aliphatic carbocycles. The number of Topliss-reactive ketones (excluding diaryl/α,β-unsaturated/α-hetero) is 1. The van der Waals surface area contributed by atoms with E-state index in [9.17, 15) is 9.18 Å². The Morgan fingerprint density at radius 1 is 1.50 bits per heavy atom. The molecule has 0 N–H and O–H groups in total. The average molecular weight is 389 g/mol. The van der Waals surface area contributed by atoms with Gasteiger partial charge in [-0.2, -0.15) is 0 Å². The van der Waals surface area contributed by atoms with Crippen molar-refractivity contribution in [1.82, 2.24) is 0 Å². The van der Waals surface area contributed by atoms with E-state index in [1.165, 1.54) is 12.1 Å². The molecule has 0 bridgehead atoms. The molecule has 0 aromatic heterocycles. The molecule has 1 unspecified atom stereocenters. The molecule has 0 radical (unpaired) electrons. The van der Waals surface area contributed by atoms with E-state index < -0.39 is 10.6 Å². The molecule has 0 aliphatic heterocycles. The van der Waals surface area contributed by atoms with Crippen molar-refractivity contribution >= 4 is 53.6 Å². The van der Waals surface area contributed by atoms with Crippen molar-refractivity contribution < 1.29 is 9.18 Å². The smallest absolute Gasteiger partial charge is 0.180 e. The van der Waals surface area contributed by atoms with Gasteiger partial charge in [-0.3, -0.25) is 4.79 Å². The van der Waals surface area contributed by atoms with Crippen LogP contribution in [0.5, 0.6) is 0 Å². The van der Waals surface area contributed by atoms with Crippen molar-refractivity contribution in [2.45, 2.75) is 4.83 Å². The minimum Gasteiger partial charge on any atom is -0.293 e. The van der Waals surface area contributed by atoms with Crippen molar-refractivity contribution in [3.63, 3.8) is 0 Å². The highest BCUT2D eigenvalue weighted by Crippen LogP contribution is 2.19. The lowest BCUT2D eigenvalue weighted by Gasteiger charge is -2.06. The minimum atomic E-state index is -0.497. The van der Waals surface area contributed by atoms with Crippen molar-refractivity contribution in [2.75, 3.05) is 5.33 Å². The zero-order valence-electron chi connectivity index (χ0n) is 6.94. The number of halogens is 4. The third kappa shape index (κ3) is 2.87. The van der Waals surface area contributed by atoms with Gasteiger partial charge in [-0.25, -0.2) is 4.39 Å². The van der Waals surface area contributed by atoms with E-state index >= 15 is 0 Å². The largest absolute Gasteiger partial charge is 0.293 e. The van der Waals surface area contributed by atoms with Crippen LogP contribution < -0.4 is 0 Å². The fourth-order valence-electron chi connectivity index (χ4n) is 0.925.